The van der Waals surface area contributed by atoms with Crippen molar-refractivity contribution in [3.05, 3.63) is 95.6 Å². The van der Waals surface area contributed by atoms with Crippen molar-refractivity contribution in [2.45, 2.75) is 6.04 Å². The van der Waals surface area contributed by atoms with E-state index in [9.17, 15) is 14.7 Å². The summed E-state index contributed by atoms with van der Waals surface area (Å²) >= 11 is 0. The van der Waals surface area contributed by atoms with Crippen molar-refractivity contribution >= 4 is 22.8 Å². The predicted octanol–water partition coefficient (Wildman–Crippen LogP) is 4.48. The summed E-state index contributed by atoms with van der Waals surface area (Å²) in [5, 5.41) is 10.6. The largest absolute Gasteiger partial charge is 0.480 e. The third kappa shape index (κ3) is 2.63. The van der Waals surface area contributed by atoms with E-state index < -0.39 is 12.0 Å². The minimum Gasteiger partial charge on any atom is -0.480 e. The monoisotopic (exact) mass is 396 g/mol. The van der Waals surface area contributed by atoms with Gasteiger partial charge in [0.15, 0.2) is 0 Å². The highest BCUT2D eigenvalue weighted by Crippen LogP contribution is 2.46. The molecule has 148 valence electrons. The van der Waals surface area contributed by atoms with E-state index in [1.807, 2.05) is 73.8 Å². The fourth-order valence-corrected chi connectivity index (χ4v) is 4.63. The first-order valence-electron chi connectivity index (χ1n) is 9.82. The van der Waals surface area contributed by atoms with Gasteiger partial charge >= 0.3 is 5.97 Å². The van der Waals surface area contributed by atoms with Crippen molar-refractivity contribution < 1.29 is 14.7 Å². The van der Waals surface area contributed by atoms with Gasteiger partial charge in [-0.25, -0.2) is 0 Å². The van der Waals surface area contributed by atoms with Crippen LogP contribution >= 0.6 is 0 Å². The molecular weight excluding hydrogens is 376 g/mol. The lowest BCUT2D eigenvalue weighted by Crippen LogP contribution is -2.34. The first-order valence-corrected chi connectivity index (χ1v) is 9.82. The number of amides is 1. The number of carbonyl (C=O) groups excluding carboxylic acids is 1. The van der Waals surface area contributed by atoms with Gasteiger partial charge in [-0.2, -0.15) is 0 Å². The van der Waals surface area contributed by atoms with Gasteiger partial charge in [-0.05, 0) is 23.3 Å². The van der Waals surface area contributed by atoms with Gasteiger partial charge in [0.1, 0.15) is 6.54 Å². The second kappa shape index (κ2) is 6.88. The average Bonchev–Trinajstić information content (AvgIpc) is 3.20. The molecule has 0 saturated heterocycles. The molecule has 1 N–H and O–H groups in total. The normalized spacial score (nSPS) is 15.6. The smallest absolute Gasteiger partial charge is 0.323 e. The van der Waals surface area contributed by atoms with E-state index >= 15 is 0 Å². The van der Waals surface area contributed by atoms with E-state index in [-0.39, 0.29) is 12.5 Å². The number of benzene rings is 3. The number of hydrogen-bond acceptors (Lipinski definition) is 2. The maximum atomic E-state index is 13.2. The standard InChI is InChI=1S/C25H20N2O3/c1-26-20-14-8-7-13-19(20)22(23(26)16-9-3-2-4-10-16)24-17-11-5-6-12-18(17)25(30)27(24)15-21(28)29/h2-14,24H,15H2,1H3,(H,28,29). The summed E-state index contributed by atoms with van der Waals surface area (Å²) < 4.78 is 2.13. The SMILES string of the molecule is Cn1c(-c2ccccc2)c(C2c3ccccc3C(=O)N2CC(=O)O)c2ccccc21. The van der Waals surface area contributed by atoms with E-state index in [2.05, 4.69) is 10.6 Å². The number of carboxylic acid groups (broad SMARTS) is 1. The van der Waals surface area contributed by atoms with Crippen molar-refractivity contribution in [3.8, 4) is 11.3 Å². The first-order chi connectivity index (χ1) is 14.6. The Bertz CT molecular complexity index is 1290. The fraction of sp³-hybridized carbons (Fsp3) is 0.120. The van der Waals surface area contributed by atoms with Crippen LogP contribution in [0.2, 0.25) is 0 Å². The average molecular weight is 396 g/mol. The van der Waals surface area contributed by atoms with Crippen LogP contribution in [0.4, 0.5) is 0 Å². The summed E-state index contributed by atoms with van der Waals surface area (Å²) in [5.41, 5.74) is 5.42. The third-order valence-corrected chi connectivity index (χ3v) is 5.83. The molecule has 1 unspecified atom stereocenters. The van der Waals surface area contributed by atoms with Gasteiger partial charge in [0.05, 0.1) is 11.7 Å². The molecule has 5 rings (SSSR count). The van der Waals surface area contributed by atoms with E-state index in [0.717, 1.165) is 33.3 Å². The van der Waals surface area contributed by atoms with Crippen LogP contribution in [-0.4, -0.2) is 33.0 Å². The molecule has 0 saturated carbocycles. The number of fused-ring (bicyclic) bond motifs is 2. The van der Waals surface area contributed by atoms with Crippen molar-refractivity contribution in [1.82, 2.24) is 9.47 Å². The van der Waals surface area contributed by atoms with Gasteiger partial charge in [0.25, 0.3) is 5.91 Å². The summed E-state index contributed by atoms with van der Waals surface area (Å²) in [6.45, 7) is -0.352. The zero-order chi connectivity index (χ0) is 20.8. The van der Waals surface area contributed by atoms with Gasteiger partial charge in [-0.1, -0.05) is 66.7 Å². The summed E-state index contributed by atoms with van der Waals surface area (Å²) in [7, 11) is 2.01. The molecule has 1 aromatic heterocycles. The molecular formula is C25H20N2O3. The Labute approximate surface area is 173 Å². The Balaban J connectivity index is 1.86. The molecule has 5 heteroatoms. The number of aryl methyl sites for hydroxylation is 1. The number of nitrogens with zero attached hydrogens (tertiary/aromatic N) is 2. The van der Waals surface area contributed by atoms with Crippen LogP contribution in [0, 0.1) is 0 Å². The van der Waals surface area contributed by atoms with Gasteiger partial charge in [0, 0.05) is 29.1 Å². The zero-order valence-electron chi connectivity index (χ0n) is 16.4. The summed E-state index contributed by atoms with van der Waals surface area (Å²) in [6, 6.07) is 25.0. The van der Waals surface area contributed by atoms with Gasteiger partial charge in [-0.3, -0.25) is 9.59 Å². The van der Waals surface area contributed by atoms with Crippen LogP contribution in [0.5, 0.6) is 0 Å². The highest BCUT2D eigenvalue weighted by atomic mass is 16.4. The van der Waals surface area contributed by atoms with E-state index in [1.165, 1.54) is 4.90 Å². The zero-order valence-corrected chi connectivity index (χ0v) is 16.4. The topological polar surface area (TPSA) is 62.5 Å². The molecule has 5 nitrogen and oxygen atoms in total. The Morgan fingerprint density at radius 2 is 1.60 bits per heavy atom. The van der Waals surface area contributed by atoms with Gasteiger partial charge in [-0.15, -0.1) is 0 Å². The molecule has 0 aliphatic carbocycles. The minimum absolute atomic E-state index is 0.245. The lowest BCUT2D eigenvalue weighted by atomic mass is 9.93. The lowest BCUT2D eigenvalue weighted by molar-refractivity contribution is -0.138. The number of aromatic nitrogens is 1. The molecule has 1 aliphatic rings. The molecule has 0 spiro atoms. The molecule has 2 heterocycles. The van der Waals surface area contributed by atoms with Crippen molar-refractivity contribution in [2.24, 2.45) is 7.05 Å². The van der Waals surface area contributed by atoms with Crippen LogP contribution < -0.4 is 0 Å². The minimum atomic E-state index is -1.03. The number of hydrogen-bond donors (Lipinski definition) is 1. The number of para-hydroxylation sites is 1. The first kappa shape index (κ1) is 18.2. The van der Waals surface area contributed by atoms with Crippen LogP contribution in [0.3, 0.4) is 0 Å². The molecule has 1 atom stereocenters. The van der Waals surface area contributed by atoms with Crippen LogP contribution in [-0.2, 0) is 11.8 Å². The maximum Gasteiger partial charge on any atom is 0.323 e. The molecule has 30 heavy (non-hydrogen) atoms. The van der Waals surface area contributed by atoms with E-state index in [1.54, 1.807) is 6.07 Å². The highest BCUT2D eigenvalue weighted by molar-refractivity contribution is 6.03. The Morgan fingerprint density at radius 1 is 0.933 bits per heavy atom. The van der Waals surface area contributed by atoms with Crippen LogP contribution in [0.15, 0.2) is 78.9 Å². The summed E-state index contributed by atoms with van der Waals surface area (Å²) in [5.74, 6) is -1.27. The summed E-state index contributed by atoms with van der Waals surface area (Å²) in [4.78, 5) is 26.3. The van der Waals surface area contributed by atoms with Gasteiger partial charge in [0.2, 0.25) is 0 Å². The molecule has 0 fully saturated rings. The molecule has 3 aromatic carbocycles. The third-order valence-electron chi connectivity index (χ3n) is 5.83. The number of carboxylic acids is 1. The molecule has 1 amide bonds. The van der Waals surface area contributed by atoms with Crippen molar-refractivity contribution in [3.63, 3.8) is 0 Å². The van der Waals surface area contributed by atoms with E-state index in [0.29, 0.717) is 5.56 Å². The maximum absolute atomic E-state index is 13.2. The second-order valence-corrected chi connectivity index (χ2v) is 7.52. The number of carbonyl (C=O) groups is 2. The molecule has 0 radical (unpaired) electrons. The lowest BCUT2D eigenvalue weighted by Gasteiger charge is -2.25. The quantitative estimate of drug-likeness (QED) is 0.553. The molecule has 4 aromatic rings. The van der Waals surface area contributed by atoms with Gasteiger partial charge < -0.3 is 14.6 Å². The molecule has 0 bridgehead atoms. The van der Waals surface area contributed by atoms with Crippen molar-refractivity contribution in [2.75, 3.05) is 6.54 Å². The fourth-order valence-electron chi connectivity index (χ4n) is 4.63. The van der Waals surface area contributed by atoms with Crippen LogP contribution in [0.25, 0.3) is 22.2 Å². The van der Waals surface area contributed by atoms with Crippen LogP contribution in [0.1, 0.15) is 27.5 Å². The Kier molecular flexibility index (Phi) is 4.17. The number of rotatable bonds is 4. The Hall–Kier alpha value is -3.86. The Morgan fingerprint density at radius 3 is 2.37 bits per heavy atom. The summed E-state index contributed by atoms with van der Waals surface area (Å²) in [6.07, 6.45) is 0. The highest BCUT2D eigenvalue weighted by Gasteiger charge is 2.41. The van der Waals surface area contributed by atoms with E-state index in [4.69, 9.17) is 0 Å². The number of aliphatic carboxylic acids is 1. The van der Waals surface area contributed by atoms with Crippen molar-refractivity contribution in [1.29, 1.82) is 0 Å². The molecule has 1 aliphatic heterocycles. The predicted molar refractivity (Wildman–Crippen MR) is 115 cm³/mol. The second-order valence-electron chi connectivity index (χ2n) is 7.52.